The van der Waals surface area contributed by atoms with E-state index in [2.05, 4.69) is 31.7 Å². The number of rotatable bonds is 7. The van der Waals surface area contributed by atoms with E-state index in [-0.39, 0.29) is 0 Å². The van der Waals surface area contributed by atoms with Crippen LogP contribution in [0.5, 0.6) is 0 Å². The maximum atomic E-state index is 12.5. The molecule has 22 heavy (non-hydrogen) atoms. The van der Waals surface area contributed by atoms with Crippen molar-refractivity contribution in [2.45, 2.75) is 65.7 Å². The van der Waals surface area contributed by atoms with Gasteiger partial charge in [0, 0.05) is 19.0 Å². The van der Waals surface area contributed by atoms with E-state index in [0.29, 0.717) is 11.8 Å². The number of amides is 1. The average Bonchev–Trinajstić information content (AvgIpc) is 3.37. The van der Waals surface area contributed by atoms with E-state index in [9.17, 15) is 4.79 Å². The lowest BCUT2D eigenvalue weighted by molar-refractivity contribution is -0.133. The van der Waals surface area contributed by atoms with Crippen LogP contribution in [0.3, 0.4) is 0 Å². The zero-order valence-electron chi connectivity index (χ0n) is 14.7. The van der Waals surface area contributed by atoms with E-state index >= 15 is 0 Å². The number of hydrogen-bond donors (Lipinski definition) is 0. The third-order valence-electron chi connectivity index (χ3n) is 6.10. The molecule has 2 saturated carbocycles. The molecule has 0 heterocycles. The van der Waals surface area contributed by atoms with Gasteiger partial charge < -0.3 is 4.90 Å². The SMILES string of the molecule is CCCCN(CC1CC1C1CCC(C)=CC1C)C(=O)C1CC1. The molecule has 2 fully saturated rings. The van der Waals surface area contributed by atoms with E-state index in [4.69, 9.17) is 0 Å². The fourth-order valence-electron chi connectivity index (χ4n) is 4.43. The Balaban J connectivity index is 1.53. The quantitative estimate of drug-likeness (QED) is 0.627. The van der Waals surface area contributed by atoms with Crippen LogP contribution in [0.15, 0.2) is 11.6 Å². The Kier molecular flexibility index (Phi) is 4.94. The summed E-state index contributed by atoms with van der Waals surface area (Å²) >= 11 is 0. The van der Waals surface area contributed by atoms with Crippen molar-refractivity contribution in [3.8, 4) is 0 Å². The first-order valence-electron chi connectivity index (χ1n) is 9.56. The molecule has 0 N–H and O–H groups in total. The molecule has 4 atom stereocenters. The summed E-state index contributed by atoms with van der Waals surface area (Å²) < 4.78 is 0. The highest BCUT2D eigenvalue weighted by Crippen LogP contribution is 2.51. The summed E-state index contributed by atoms with van der Waals surface area (Å²) in [5.41, 5.74) is 1.58. The Morgan fingerprint density at radius 2 is 2.05 bits per heavy atom. The van der Waals surface area contributed by atoms with Crippen LogP contribution >= 0.6 is 0 Å². The Morgan fingerprint density at radius 3 is 2.68 bits per heavy atom. The van der Waals surface area contributed by atoms with Crippen molar-refractivity contribution in [3.05, 3.63) is 11.6 Å². The molecule has 3 aliphatic carbocycles. The molecule has 3 aliphatic rings. The summed E-state index contributed by atoms with van der Waals surface area (Å²) in [6, 6.07) is 0. The van der Waals surface area contributed by atoms with Crippen molar-refractivity contribution >= 4 is 5.91 Å². The lowest BCUT2D eigenvalue weighted by Crippen LogP contribution is -2.35. The van der Waals surface area contributed by atoms with Gasteiger partial charge in [-0.2, -0.15) is 0 Å². The van der Waals surface area contributed by atoms with Gasteiger partial charge in [-0.3, -0.25) is 4.79 Å². The highest BCUT2D eigenvalue weighted by atomic mass is 16.2. The number of unbranched alkanes of at least 4 members (excludes halogenated alkanes) is 1. The van der Waals surface area contributed by atoms with Gasteiger partial charge in [-0.1, -0.05) is 31.9 Å². The second-order valence-electron chi connectivity index (χ2n) is 8.15. The summed E-state index contributed by atoms with van der Waals surface area (Å²) in [6.07, 6.45) is 11.1. The zero-order valence-corrected chi connectivity index (χ0v) is 14.7. The minimum atomic E-state index is 0.383. The lowest BCUT2D eigenvalue weighted by Gasteiger charge is -2.28. The van der Waals surface area contributed by atoms with Crippen LogP contribution in [-0.4, -0.2) is 23.9 Å². The molecule has 2 heteroatoms. The third-order valence-corrected chi connectivity index (χ3v) is 6.10. The largest absolute Gasteiger partial charge is 0.342 e. The minimum absolute atomic E-state index is 0.383. The third kappa shape index (κ3) is 3.75. The molecule has 0 aromatic rings. The molecule has 124 valence electrons. The molecule has 4 unspecified atom stereocenters. The Labute approximate surface area is 136 Å². The van der Waals surface area contributed by atoms with E-state index in [1.165, 1.54) is 25.7 Å². The van der Waals surface area contributed by atoms with Gasteiger partial charge in [0.15, 0.2) is 0 Å². The predicted molar refractivity (Wildman–Crippen MR) is 91.5 cm³/mol. The molecule has 0 bridgehead atoms. The topological polar surface area (TPSA) is 20.3 Å². The number of carbonyl (C=O) groups is 1. The molecule has 0 aromatic carbocycles. The van der Waals surface area contributed by atoms with Gasteiger partial charge in [0.2, 0.25) is 5.91 Å². The van der Waals surface area contributed by atoms with Gasteiger partial charge in [-0.25, -0.2) is 0 Å². The van der Waals surface area contributed by atoms with E-state index in [1.807, 2.05) is 0 Å². The van der Waals surface area contributed by atoms with E-state index < -0.39 is 0 Å². The van der Waals surface area contributed by atoms with Crippen molar-refractivity contribution in [2.75, 3.05) is 13.1 Å². The van der Waals surface area contributed by atoms with Crippen LogP contribution in [-0.2, 0) is 4.79 Å². The molecule has 0 aromatic heterocycles. The zero-order chi connectivity index (χ0) is 15.7. The first kappa shape index (κ1) is 16.1. The van der Waals surface area contributed by atoms with Gasteiger partial charge in [-0.15, -0.1) is 0 Å². The van der Waals surface area contributed by atoms with E-state index in [1.54, 1.807) is 5.57 Å². The molecule has 3 rings (SSSR count). The maximum Gasteiger partial charge on any atom is 0.225 e. The van der Waals surface area contributed by atoms with Crippen LogP contribution in [0.4, 0.5) is 0 Å². The Bertz CT molecular complexity index is 437. The second-order valence-corrected chi connectivity index (χ2v) is 8.15. The smallest absolute Gasteiger partial charge is 0.225 e. The summed E-state index contributed by atoms with van der Waals surface area (Å²) in [4.78, 5) is 14.7. The van der Waals surface area contributed by atoms with Crippen LogP contribution in [0.1, 0.15) is 65.7 Å². The molecule has 2 nitrogen and oxygen atoms in total. The van der Waals surface area contributed by atoms with Crippen LogP contribution in [0, 0.1) is 29.6 Å². The van der Waals surface area contributed by atoms with Crippen molar-refractivity contribution in [1.82, 2.24) is 4.90 Å². The minimum Gasteiger partial charge on any atom is -0.342 e. The molecule has 0 radical (unpaired) electrons. The normalized spacial score (nSPS) is 34.2. The molecule has 0 saturated heterocycles. The maximum absolute atomic E-state index is 12.5. The van der Waals surface area contributed by atoms with Crippen molar-refractivity contribution in [1.29, 1.82) is 0 Å². The number of nitrogens with zero attached hydrogens (tertiary/aromatic N) is 1. The van der Waals surface area contributed by atoms with Gasteiger partial charge in [0.25, 0.3) is 0 Å². The fraction of sp³-hybridized carbons (Fsp3) is 0.850. The first-order chi connectivity index (χ1) is 10.6. The molecule has 0 aliphatic heterocycles. The second kappa shape index (κ2) is 6.76. The van der Waals surface area contributed by atoms with Crippen molar-refractivity contribution in [3.63, 3.8) is 0 Å². The Hall–Kier alpha value is -0.790. The summed E-state index contributed by atoms with van der Waals surface area (Å²) in [5.74, 6) is 4.14. The monoisotopic (exact) mass is 303 g/mol. The van der Waals surface area contributed by atoms with Gasteiger partial charge in [-0.05, 0) is 69.1 Å². The molecule has 0 spiro atoms. The fourth-order valence-corrected chi connectivity index (χ4v) is 4.43. The van der Waals surface area contributed by atoms with Crippen molar-refractivity contribution in [2.24, 2.45) is 29.6 Å². The van der Waals surface area contributed by atoms with Crippen LogP contribution < -0.4 is 0 Å². The first-order valence-corrected chi connectivity index (χ1v) is 9.56. The Morgan fingerprint density at radius 1 is 1.27 bits per heavy atom. The standard InChI is InChI=1S/C20H33NO/c1-4-5-10-21(20(22)16-7-8-16)13-17-12-19(17)18-9-6-14(2)11-15(18)3/h11,15-19H,4-10,12-13H2,1-3H3. The molecule has 1 amide bonds. The molecular weight excluding hydrogens is 270 g/mol. The summed E-state index contributed by atoms with van der Waals surface area (Å²) in [7, 11) is 0. The van der Waals surface area contributed by atoms with Crippen LogP contribution in [0.2, 0.25) is 0 Å². The summed E-state index contributed by atoms with van der Waals surface area (Å²) in [6.45, 7) is 8.93. The van der Waals surface area contributed by atoms with Gasteiger partial charge >= 0.3 is 0 Å². The van der Waals surface area contributed by atoms with E-state index in [0.717, 1.165) is 56.0 Å². The highest BCUT2D eigenvalue weighted by Gasteiger charge is 2.46. The number of hydrogen-bond acceptors (Lipinski definition) is 1. The number of carbonyl (C=O) groups excluding carboxylic acids is 1. The van der Waals surface area contributed by atoms with Gasteiger partial charge in [0.1, 0.15) is 0 Å². The highest BCUT2D eigenvalue weighted by molar-refractivity contribution is 5.81. The number of allylic oxidation sites excluding steroid dienone is 2. The molecular formula is C20H33NO. The average molecular weight is 303 g/mol. The van der Waals surface area contributed by atoms with Crippen LogP contribution in [0.25, 0.3) is 0 Å². The lowest BCUT2D eigenvalue weighted by atomic mass is 9.78. The van der Waals surface area contributed by atoms with Gasteiger partial charge in [0.05, 0.1) is 0 Å². The summed E-state index contributed by atoms with van der Waals surface area (Å²) in [5, 5.41) is 0. The van der Waals surface area contributed by atoms with Crippen molar-refractivity contribution < 1.29 is 4.79 Å². The predicted octanol–water partition coefficient (Wildman–Crippen LogP) is 4.65.